The molecule has 444 valence electrons. The zero-order chi connectivity index (χ0) is 62.5. The summed E-state index contributed by atoms with van der Waals surface area (Å²) in [5, 5.41) is 6.87. The van der Waals surface area contributed by atoms with Crippen LogP contribution in [0.2, 0.25) is 10.6 Å². The molecule has 0 spiro atoms. The molecule has 6 heterocycles. The molecule has 0 radical (unpaired) electrons. The van der Waals surface area contributed by atoms with Crippen molar-refractivity contribution >= 4 is 102 Å². The minimum absolute atomic E-state index is 0.101. The number of hydrogen-bond acceptors (Lipinski definition) is 11. The number of rotatable bonds is 8. The molecular weight excluding hydrogens is 1180 g/mol. The van der Waals surface area contributed by atoms with Gasteiger partial charge in [0, 0.05) is 71.3 Å². The Hall–Kier alpha value is -10.6. The normalized spacial score (nSPS) is 13.4. The minimum Gasteiger partial charge on any atom is -0.455 e. The summed E-state index contributed by atoms with van der Waals surface area (Å²) in [4.78, 5) is 26.7. The molecule has 1 saturated heterocycles. The lowest BCUT2D eigenvalue weighted by Gasteiger charge is -2.32. The van der Waals surface area contributed by atoms with Gasteiger partial charge >= 0.3 is 7.12 Å². The Balaban J connectivity index is 0.000000139. The van der Waals surface area contributed by atoms with Crippen molar-refractivity contribution in [3.63, 3.8) is 0 Å². The maximum atomic E-state index is 6.38. The van der Waals surface area contributed by atoms with Gasteiger partial charge in [-0.1, -0.05) is 231 Å². The van der Waals surface area contributed by atoms with E-state index in [2.05, 4.69) is 176 Å². The number of para-hydroxylation sites is 6. The van der Waals surface area contributed by atoms with Gasteiger partial charge in [0.1, 0.15) is 33.5 Å². The Kier molecular flexibility index (Phi) is 15.1. The highest BCUT2D eigenvalue weighted by Crippen LogP contribution is 2.41. The van der Waals surface area contributed by atoms with E-state index < -0.39 is 0 Å². The molecular formula is C78H55BCl2N6O5. The molecule has 0 unspecified atom stereocenters. The van der Waals surface area contributed by atoms with Crippen LogP contribution in [-0.4, -0.2) is 48.2 Å². The summed E-state index contributed by atoms with van der Waals surface area (Å²) in [6.07, 6.45) is 0. The zero-order valence-electron chi connectivity index (χ0n) is 50.4. The van der Waals surface area contributed by atoms with Crippen molar-refractivity contribution in [2.75, 3.05) is 0 Å². The summed E-state index contributed by atoms with van der Waals surface area (Å²) < 4.78 is 31.4. The van der Waals surface area contributed by atoms with E-state index in [4.69, 9.17) is 60.7 Å². The van der Waals surface area contributed by atoms with E-state index in [-0.39, 0.29) is 28.9 Å². The largest absolute Gasteiger partial charge is 0.494 e. The third-order valence-corrected chi connectivity index (χ3v) is 17.4. The van der Waals surface area contributed by atoms with E-state index in [1.165, 1.54) is 0 Å². The van der Waals surface area contributed by atoms with Crippen LogP contribution < -0.4 is 5.46 Å². The fourth-order valence-electron chi connectivity index (χ4n) is 11.8. The average molecular weight is 1240 g/mol. The Labute approximate surface area is 540 Å². The van der Waals surface area contributed by atoms with Crippen LogP contribution in [0, 0.1) is 0 Å². The SMILES string of the molecule is CC1(C)OB(c2cccc(-c3cccc4c3oc3ccccc34)c2)OC1(C)C.Clc1nc(Cl)nc(-c2ccccc2)n1.c1ccc(-c2nc(-c3cccc(-c4cccc5c4oc4ccccc45)c3)nc(-c3cccc(-c4cccc5c4oc4ccccc45)c3)n2)cc1. The molecule has 1 aliphatic heterocycles. The van der Waals surface area contributed by atoms with E-state index in [1.54, 1.807) is 0 Å². The maximum Gasteiger partial charge on any atom is 0.494 e. The quantitative estimate of drug-likeness (QED) is 0.135. The van der Waals surface area contributed by atoms with E-state index in [1.807, 2.05) is 127 Å². The number of hydrogen-bond donors (Lipinski definition) is 0. The Morgan fingerprint density at radius 3 is 1.00 bits per heavy atom. The minimum atomic E-state index is -0.375. The zero-order valence-corrected chi connectivity index (χ0v) is 51.9. The fraction of sp³-hybridized carbons (Fsp3) is 0.0769. The Morgan fingerprint density at radius 2 is 0.587 bits per heavy atom. The lowest BCUT2D eigenvalue weighted by Crippen LogP contribution is -2.41. The van der Waals surface area contributed by atoms with Gasteiger partial charge in [-0.05, 0) is 103 Å². The third kappa shape index (κ3) is 11.1. The molecule has 0 saturated carbocycles. The first kappa shape index (κ1) is 57.8. The van der Waals surface area contributed by atoms with Crippen LogP contribution in [0.5, 0.6) is 0 Å². The van der Waals surface area contributed by atoms with Gasteiger partial charge < -0.3 is 22.6 Å². The maximum absolute atomic E-state index is 6.38. The molecule has 0 atom stereocenters. The molecule has 0 bridgehead atoms. The van der Waals surface area contributed by atoms with Gasteiger partial charge in [0.15, 0.2) is 23.3 Å². The van der Waals surface area contributed by atoms with Gasteiger partial charge in [-0.25, -0.2) is 15.0 Å². The first-order chi connectivity index (χ1) is 44.9. The van der Waals surface area contributed by atoms with Gasteiger partial charge in [0.05, 0.1) is 11.2 Å². The first-order valence-electron chi connectivity index (χ1n) is 30.2. The monoisotopic (exact) mass is 1240 g/mol. The summed E-state index contributed by atoms with van der Waals surface area (Å²) in [7, 11) is -0.375. The van der Waals surface area contributed by atoms with Gasteiger partial charge in [-0.3, -0.25) is 0 Å². The third-order valence-electron chi connectivity index (χ3n) is 17.1. The van der Waals surface area contributed by atoms with Gasteiger partial charge in [-0.2, -0.15) is 15.0 Å². The summed E-state index contributed by atoms with van der Waals surface area (Å²) in [5.74, 6) is 2.28. The second kappa shape index (κ2) is 24.0. The van der Waals surface area contributed by atoms with Crippen molar-refractivity contribution in [1.82, 2.24) is 29.9 Å². The first-order valence-corrected chi connectivity index (χ1v) is 31.0. The van der Waals surface area contributed by atoms with Crippen molar-refractivity contribution in [1.29, 1.82) is 0 Å². The number of benzene rings is 11. The summed E-state index contributed by atoms with van der Waals surface area (Å²) >= 11 is 11.3. The molecule has 92 heavy (non-hydrogen) atoms. The molecule has 14 heteroatoms. The standard InChI is InChI=1S/C45H27N3O2.C24H23BO3.C9H5Cl2N3/c1-2-12-28(13-3-1)43-46-44(31-16-8-14-29(26-31)33-20-10-22-37-35-18-4-6-24-39(35)49-41(33)37)48-45(47-43)32-17-9-15-30(27-32)34-21-11-23-38-36-19-5-7-25-40(36)50-42(34)38;1-23(2)24(3,4)28-25(27-23)17-10-7-9-16(15-17)18-12-8-13-20-19-11-5-6-14-21(19)26-22(18)20;10-8-12-7(13-9(11)14-8)6-4-2-1-3-5-6/h1-27H;5-15H,1-4H3;1-5H. The van der Waals surface area contributed by atoms with Crippen molar-refractivity contribution < 1.29 is 22.6 Å². The lowest BCUT2D eigenvalue weighted by molar-refractivity contribution is 0.00578. The lowest BCUT2D eigenvalue weighted by atomic mass is 9.78. The molecule has 0 N–H and O–H groups in total. The van der Waals surface area contributed by atoms with E-state index >= 15 is 0 Å². The summed E-state index contributed by atoms with van der Waals surface area (Å²) in [6.45, 7) is 8.30. The molecule has 1 fully saturated rings. The molecule has 11 aromatic carbocycles. The van der Waals surface area contributed by atoms with Crippen LogP contribution in [0.4, 0.5) is 0 Å². The smallest absolute Gasteiger partial charge is 0.455 e. The highest BCUT2D eigenvalue weighted by atomic mass is 35.5. The average Bonchev–Trinajstić information content (AvgIpc) is 1.62. The second-order valence-electron chi connectivity index (χ2n) is 23.5. The van der Waals surface area contributed by atoms with Crippen LogP contribution in [-0.2, 0) is 9.31 Å². The van der Waals surface area contributed by atoms with E-state index in [9.17, 15) is 0 Å². The van der Waals surface area contributed by atoms with Crippen LogP contribution in [0.25, 0.3) is 145 Å². The van der Waals surface area contributed by atoms with Crippen LogP contribution in [0.1, 0.15) is 27.7 Å². The van der Waals surface area contributed by atoms with Crippen molar-refractivity contribution in [2.24, 2.45) is 0 Å². The molecule has 0 amide bonds. The molecule has 1 aliphatic rings. The second-order valence-corrected chi connectivity index (χ2v) is 24.1. The van der Waals surface area contributed by atoms with Crippen molar-refractivity contribution in [3.8, 4) is 78.9 Å². The van der Waals surface area contributed by atoms with Gasteiger partial charge in [-0.15, -0.1) is 0 Å². The molecule has 5 aromatic heterocycles. The van der Waals surface area contributed by atoms with Crippen molar-refractivity contribution in [2.45, 2.75) is 38.9 Å². The van der Waals surface area contributed by atoms with Crippen LogP contribution in [0.3, 0.4) is 0 Å². The summed E-state index contributed by atoms with van der Waals surface area (Å²) in [6, 6.07) is 87.9. The topological polar surface area (TPSA) is 135 Å². The Morgan fingerprint density at radius 1 is 0.283 bits per heavy atom. The highest BCUT2D eigenvalue weighted by Gasteiger charge is 2.51. The molecule has 0 aliphatic carbocycles. The summed E-state index contributed by atoms with van der Waals surface area (Å²) in [5.41, 5.74) is 15.4. The predicted octanol–water partition coefficient (Wildman–Crippen LogP) is 20.4. The number of halogens is 2. The van der Waals surface area contributed by atoms with E-state index in [0.29, 0.717) is 23.3 Å². The van der Waals surface area contributed by atoms with Crippen LogP contribution >= 0.6 is 23.2 Å². The van der Waals surface area contributed by atoms with Gasteiger partial charge in [0.2, 0.25) is 10.6 Å². The van der Waals surface area contributed by atoms with Gasteiger partial charge in [0.25, 0.3) is 0 Å². The molecule has 11 nitrogen and oxygen atoms in total. The fourth-order valence-corrected chi connectivity index (χ4v) is 12.2. The molecule has 17 rings (SSSR count). The predicted molar refractivity (Wildman–Crippen MR) is 372 cm³/mol. The number of nitrogens with zero attached hydrogens (tertiary/aromatic N) is 6. The van der Waals surface area contributed by atoms with Crippen LogP contribution in [0.15, 0.2) is 274 Å². The number of furan rings is 3. The Bertz CT molecular complexity index is 5230. The highest BCUT2D eigenvalue weighted by molar-refractivity contribution is 6.62. The molecule has 16 aromatic rings. The number of aromatic nitrogens is 6. The van der Waals surface area contributed by atoms with Crippen molar-refractivity contribution in [3.05, 3.63) is 271 Å². The van der Waals surface area contributed by atoms with E-state index in [0.717, 1.165) is 127 Å². The number of fused-ring (bicyclic) bond motifs is 9.